The van der Waals surface area contributed by atoms with Gasteiger partial charge in [-0.15, -0.1) is 0 Å². The van der Waals surface area contributed by atoms with Crippen LogP contribution >= 0.6 is 0 Å². The molecule has 0 aliphatic carbocycles. The minimum absolute atomic E-state index is 0.121. The van der Waals surface area contributed by atoms with Crippen molar-refractivity contribution in [3.8, 4) is 23.0 Å². The van der Waals surface area contributed by atoms with Crippen molar-refractivity contribution >= 4 is 10.8 Å². The molecule has 4 rings (SSSR count). The minimum atomic E-state index is -0.939. The van der Waals surface area contributed by atoms with Gasteiger partial charge in [-0.05, 0) is 53.8 Å². The molecule has 0 aliphatic heterocycles. The van der Waals surface area contributed by atoms with Gasteiger partial charge in [0.2, 0.25) is 0 Å². The molecular weight excluding hydrogens is 376 g/mol. The van der Waals surface area contributed by atoms with Crippen LogP contribution in [0.1, 0.15) is 16.7 Å². The van der Waals surface area contributed by atoms with E-state index in [2.05, 4.69) is 11.8 Å². The number of halogens is 4. The van der Waals surface area contributed by atoms with Crippen LogP contribution in [-0.2, 0) is 0 Å². The molecule has 4 heteroatoms. The van der Waals surface area contributed by atoms with Crippen molar-refractivity contribution in [1.82, 2.24) is 0 Å². The second-order valence-corrected chi connectivity index (χ2v) is 6.73. The summed E-state index contributed by atoms with van der Waals surface area (Å²) in [5.74, 6) is 1.80. The number of hydrogen-bond acceptors (Lipinski definition) is 0. The Hall–Kier alpha value is -3.58. The van der Waals surface area contributed by atoms with Crippen molar-refractivity contribution in [1.29, 1.82) is 0 Å². The number of hydrogen-bond donors (Lipinski definition) is 0. The predicted molar refractivity (Wildman–Crippen MR) is 106 cm³/mol. The van der Waals surface area contributed by atoms with Crippen molar-refractivity contribution in [3.05, 3.63) is 107 Å². The number of aryl methyl sites for hydroxylation is 1. The smallest absolute Gasteiger partial charge is 0.166 e. The summed E-state index contributed by atoms with van der Waals surface area (Å²) in [6.07, 6.45) is 0. The first kappa shape index (κ1) is 18.8. The SMILES string of the molecule is Cc1ccc(-c2cc(F)c(C#Cc3ccc4c(F)c(F)ccc4c3)c(F)c2)cc1. The van der Waals surface area contributed by atoms with Crippen molar-refractivity contribution < 1.29 is 17.6 Å². The van der Waals surface area contributed by atoms with Crippen LogP contribution in [0.25, 0.3) is 21.9 Å². The normalized spacial score (nSPS) is 10.7. The average molecular weight is 390 g/mol. The van der Waals surface area contributed by atoms with Crippen LogP contribution in [0.2, 0.25) is 0 Å². The zero-order valence-electron chi connectivity index (χ0n) is 15.4. The lowest BCUT2D eigenvalue weighted by atomic mass is 10.0. The molecule has 0 N–H and O–H groups in total. The predicted octanol–water partition coefficient (Wildman–Crippen LogP) is 6.77. The van der Waals surface area contributed by atoms with E-state index < -0.39 is 23.3 Å². The molecule has 0 aliphatic rings. The molecule has 0 bridgehead atoms. The Balaban J connectivity index is 1.70. The topological polar surface area (TPSA) is 0 Å². The number of benzene rings is 4. The Morgan fingerprint density at radius 1 is 0.621 bits per heavy atom. The maximum Gasteiger partial charge on any atom is 0.166 e. The van der Waals surface area contributed by atoms with E-state index in [-0.39, 0.29) is 10.9 Å². The van der Waals surface area contributed by atoms with Crippen molar-refractivity contribution in [2.45, 2.75) is 6.92 Å². The lowest BCUT2D eigenvalue weighted by Gasteiger charge is -2.05. The average Bonchev–Trinajstić information content (AvgIpc) is 2.70. The molecule has 4 aromatic carbocycles. The van der Waals surface area contributed by atoms with E-state index in [4.69, 9.17) is 0 Å². The van der Waals surface area contributed by atoms with Gasteiger partial charge >= 0.3 is 0 Å². The van der Waals surface area contributed by atoms with Crippen LogP contribution < -0.4 is 0 Å². The van der Waals surface area contributed by atoms with Gasteiger partial charge in [0.1, 0.15) is 11.6 Å². The summed E-state index contributed by atoms with van der Waals surface area (Å²) in [7, 11) is 0. The highest BCUT2D eigenvalue weighted by Crippen LogP contribution is 2.25. The fourth-order valence-electron chi connectivity index (χ4n) is 3.08. The minimum Gasteiger partial charge on any atom is -0.205 e. The lowest BCUT2D eigenvalue weighted by molar-refractivity contribution is 0.517. The Labute approximate surface area is 165 Å². The first-order valence-electron chi connectivity index (χ1n) is 8.88. The van der Waals surface area contributed by atoms with Gasteiger partial charge in [0.15, 0.2) is 11.6 Å². The van der Waals surface area contributed by atoms with Crippen molar-refractivity contribution in [2.75, 3.05) is 0 Å². The van der Waals surface area contributed by atoms with Crippen LogP contribution in [0.5, 0.6) is 0 Å². The van der Waals surface area contributed by atoms with Gasteiger partial charge in [-0.3, -0.25) is 0 Å². The first-order chi connectivity index (χ1) is 13.9. The number of rotatable bonds is 1. The summed E-state index contributed by atoms with van der Waals surface area (Å²) in [6.45, 7) is 1.93. The van der Waals surface area contributed by atoms with Gasteiger partial charge in [0.05, 0.1) is 5.56 Å². The maximum atomic E-state index is 14.5. The highest BCUT2D eigenvalue weighted by molar-refractivity contribution is 5.84. The second-order valence-electron chi connectivity index (χ2n) is 6.73. The molecule has 0 heterocycles. The fourth-order valence-corrected chi connectivity index (χ4v) is 3.08. The van der Waals surface area contributed by atoms with E-state index in [1.165, 1.54) is 30.3 Å². The summed E-state index contributed by atoms with van der Waals surface area (Å²) in [4.78, 5) is 0. The zero-order valence-corrected chi connectivity index (χ0v) is 15.4. The third-order valence-electron chi connectivity index (χ3n) is 4.67. The van der Waals surface area contributed by atoms with Crippen molar-refractivity contribution in [2.24, 2.45) is 0 Å². The Morgan fingerprint density at radius 3 is 2.00 bits per heavy atom. The van der Waals surface area contributed by atoms with Gasteiger partial charge in [-0.1, -0.05) is 53.8 Å². The molecule has 0 saturated heterocycles. The van der Waals surface area contributed by atoms with E-state index in [1.807, 2.05) is 19.1 Å². The lowest BCUT2D eigenvalue weighted by Crippen LogP contribution is -1.93. The summed E-state index contributed by atoms with van der Waals surface area (Å²) in [5, 5.41) is 0.571. The molecular formula is C25H14F4. The summed E-state index contributed by atoms with van der Waals surface area (Å²) in [6, 6.07) is 16.7. The van der Waals surface area contributed by atoms with E-state index in [1.54, 1.807) is 18.2 Å². The standard InChI is InChI=1S/C25H14F4/c1-15-2-6-17(7-3-15)19-13-23(27)21(24(28)14-19)10-5-16-4-9-20-18(12-16)8-11-22(26)25(20)29/h2-4,6-9,11-14H,1H3. The second kappa shape index (κ2) is 7.44. The van der Waals surface area contributed by atoms with Gasteiger partial charge < -0.3 is 0 Å². The van der Waals surface area contributed by atoms with E-state index in [0.717, 1.165) is 11.6 Å². The first-order valence-corrected chi connectivity index (χ1v) is 8.88. The van der Waals surface area contributed by atoms with Gasteiger partial charge in [-0.25, -0.2) is 17.6 Å². The molecule has 0 fully saturated rings. The molecule has 0 saturated carbocycles. The highest BCUT2D eigenvalue weighted by atomic mass is 19.2. The Morgan fingerprint density at radius 2 is 1.31 bits per heavy atom. The molecule has 0 unspecified atom stereocenters. The Bertz CT molecular complexity index is 1270. The van der Waals surface area contributed by atoms with E-state index in [9.17, 15) is 17.6 Å². The quantitative estimate of drug-likeness (QED) is 0.248. The van der Waals surface area contributed by atoms with Crippen molar-refractivity contribution in [3.63, 3.8) is 0 Å². The zero-order chi connectivity index (χ0) is 20.5. The number of fused-ring (bicyclic) bond motifs is 1. The summed E-state index contributed by atoms with van der Waals surface area (Å²) >= 11 is 0. The molecule has 142 valence electrons. The largest absolute Gasteiger partial charge is 0.205 e. The molecule has 0 radical (unpaired) electrons. The molecule has 0 amide bonds. The van der Waals surface area contributed by atoms with Crippen LogP contribution in [0.3, 0.4) is 0 Å². The molecule has 0 atom stereocenters. The highest BCUT2D eigenvalue weighted by Gasteiger charge is 2.11. The van der Waals surface area contributed by atoms with Gasteiger partial charge in [0.25, 0.3) is 0 Å². The third kappa shape index (κ3) is 3.72. The molecule has 0 aromatic heterocycles. The maximum absolute atomic E-state index is 14.5. The van der Waals surface area contributed by atoms with E-state index >= 15 is 0 Å². The Kier molecular flexibility index (Phi) is 4.82. The van der Waals surface area contributed by atoms with Gasteiger partial charge in [-0.2, -0.15) is 0 Å². The van der Waals surface area contributed by atoms with Crippen LogP contribution in [0, 0.1) is 42.0 Å². The van der Waals surface area contributed by atoms with Crippen LogP contribution in [0.15, 0.2) is 66.7 Å². The van der Waals surface area contributed by atoms with Crippen LogP contribution in [0.4, 0.5) is 17.6 Å². The van der Waals surface area contributed by atoms with E-state index in [0.29, 0.717) is 22.1 Å². The third-order valence-corrected chi connectivity index (χ3v) is 4.67. The fraction of sp³-hybridized carbons (Fsp3) is 0.0400. The van der Waals surface area contributed by atoms with Crippen LogP contribution in [-0.4, -0.2) is 0 Å². The molecule has 29 heavy (non-hydrogen) atoms. The molecule has 0 nitrogen and oxygen atoms in total. The molecule has 0 spiro atoms. The summed E-state index contributed by atoms with van der Waals surface area (Å²) < 4.78 is 56.1. The molecule has 4 aromatic rings. The monoisotopic (exact) mass is 390 g/mol. The summed E-state index contributed by atoms with van der Waals surface area (Å²) in [5.41, 5.74) is 2.27. The van der Waals surface area contributed by atoms with Gasteiger partial charge in [0, 0.05) is 10.9 Å².